The van der Waals surface area contributed by atoms with E-state index in [1.807, 2.05) is 0 Å². The summed E-state index contributed by atoms with van der Waals surface area (Å²) in [5.74, 6) is 2.67. The lowest BCUT2D eigenvalue weighted by molar-refractivity contribution is 0.464. The molecular formula is C14H16BrN. The van der Waals surface area contributed by atoms with Gasteiger partial charge in [-0.05, 0) is 42.5 Å². The van der Waals surface area contributed by atoms with E-state index in [9.17, 15) is 0 Å². The largest absolute Gasteiger partial charge is 0.313 e. The third-order valence-corrected chi connectivity index (χ3v) is 3.59. The van der Waals surface area contributed by atoms with E-state index >= 15 is 0 Å². The number of halogens is 1. The molecule has 1 aliphatic rings. The molecule has 1 unspecified atom stereocenters. The normalized spacial score (nSPS) is 18.9. The maximum atomic E-state index is 5.24. The van der Waals surface area contributed by atoms with Gasteiger partial charge in [0.05, 0.1) is 0 Å². The Hall–Kier alpha value is -0.780. The Balaban J connectivity index is 1.96. The highest BCUT2D eigenvalue weighted by atomic mass is 79.9. The van der Waals surface area contributed by atoms with E-state index in [4.69, 9.17) is 6.42 Å². The molecule has 2 rings (SSSR count). The molecule has 16 heavy (non-hydrogen) atoms. The van der Waals surface area contributed by atoms with Gasteiger partial charge in [0.15, 0.2) is 0 Å². The minimum absolute atomic E-state index is 0.599. The Kier molecular flexibility index (Phi) is 4.04. The number of benzene rings is 1. The van der Waals surface area contributed by atoms with Gasteiger partial charge in [-0.1, -0.05) is 22.0 Å². The van der Waals surface area contributed by atoms with Crippen LogP contribution in [-0.2, 0) is 12.8 Å². The van der Waals surface area contributed by atoms with E-state index in [0.717, 1.165) is 19.4 Å². The summed E-state index contributed by atoms with van der Waals surface area (Å²) in [5.41, 5.74) is 2.97. The molecule has 2 heteroatoms. The van der Waals surface area contributed by atoms with Gasteiger partial charge in [0.1, 0.15) is 0 Å². The number of rotatable bonds is 3. The minimum atomic E-state index is 0.599. The summed E-state index contributed by atoms with van der Waals surface area (Å²) in [6, 6.07) is 7.20. The number of hydrogen-bond acceptors (Lipinski definition) is 1. The van der Waals surface area contributed by atoms with Crippen LogP contribution in [0.25, 0.3) is 0 Å². The van der Waals surface area contributed by atoms with Crippen LogP contribution in [0, 0.1) is 12.3 Å². The fraction of sp³-hybridized carbons (Fsp3) is 0.429. The van der Waals surface area contributed by atoms with Crippen molar-refractivity contribution >= 4 is 15.9 Å². The topological polar surface area (TPSA) is 12.0 Å². The number of hydrogen-bond donors (Lipinski definition) is 1. The summed E-state index contributed by atoms with van der Waals surface area (Å²) < 4.78 is 1.19. The number of nitrogens with one attached hydrogen (secondary N) is 1. The zero-order valence-electron chi connectivity index (χ0n) is 9.30. The summed E-state index contributed by atoms with van der Waals surface area (Å²) in [6.07, 6.45) is 9.58. The van der Waals surface area contributed by atoms with E-state index in [1.165, 1.54) is 28.4 Å². The monoisotopic (exact) mass is 277 g/mol. The number of terminal acetylenes is 1. The van der Waals surface area contributed by atoms with Crippen LogP contribution in [0.15, 0.2) is 22.7 Å². The Morgan fingerprint density at radius 3 is 3.12 bits per heavy atom. The van der Waals surface area contributed by atoms with Crippen molar-refractivity contribution in [2.45, 2.75) is 31.7 Å². The van der Waals surface area contributed by atoms with Crippen molar-refractivity contribution in [2.24, 2.45) is 0 Å². The van der Waals surface area contributed by atoms with Crippen LogP contribution >= 0.6 is 15.9 Å². The summed E-state index contributed by atoms with van der Waals surface area (Å²) in [5, 5.41) is 3.52. The first-order chi connectivity index (χ1) is 7.79. The molecule has 84 valence electrons. The van der Waals surface area contributed by atoms with Crippen LogP contribution in [0.2, 0.25) is 0 Å². The van der Waals surface area contributed by atoms with Gasteiger partial charge in [-0.3, -0.25) is 0 Å². The standard InChI is InChI=1S/C14H16BrN/c1-2-3-8-16-14-7-5-11-9-13(15)6-4-12(11)10-14/h1,4,6,9,14,16H,3,5,7-8,10H2. The second-order valence-corrected chi connectivity index (χ2v) is 5.18. The SMILES string of the molecule is C#CCCNC1CCc2cc(Br)ccc2C1. The number of fused-ring (bicyclic) bond motifs is 1. The summed E-state index contributed by atoms with van der Waals surface area (Å²) in [6.45, 7) is 0.938. The molecule has 0 spiro atoms. The van der Waals surface area contributed by atoms with E-state index in [1.54, 1.807) is 0 Å². The Labute approximate surface area is 106 Å². The molecule has 0 bridgehead atoms. The van der Waals surface area contributed by atoms with Crippen molar-refractivity contribution in [1.29, 1.82) is 0 Å². The lowest BCUT2D eigenvalue weighted by Crippen LogP contribution is -2.35. The molecule has 0 heterocycles. The van der Waals surface area contributed by atoms with Crippen molar-refractivity contribution in [1.82, 2.24) is 5.32 Å². The van der Waals surface area contributed by atoms with Crippen LogP contribution in [0.1, 0.15) is 24.0 Å². The first kappa shape index (κ1) is 11.7. The van der Waals surface area contributed by atoms with Crippen molar-refractivity contribution in [3.63, 3.8) is 0 Å². The van der Waals surface area contributed by atoms with Crippen molar-refractivity contribution in [3.8, 4) is 12.3 Å². The van der Waals surface area contributed by atoms with Gasteiger partial charge >= 0.3 is 0 Å². The fourth-order valence-electron chi connectivity index (χ4n) is 2.25. The van der Waals surface area contributed by atoms with Crippen molar-refractivity contribution in [3.05, 3.63) is 33.8 Å². The molecule has 0 aliphatic heterocycles. The van der Waals surface area contributed by atoms with Gasteiger partial charge < -0.3 is 5.32 Å². The highest BCUT2D eigenvalue weighted by Crippen LogP contribution is 2.24. The average Bonchev–Trinajstić information content (AvgIpc) is 2.29. The molecule has 1 aliphatic carbocycles. The Bertz CT molecular complexity index is 406. The number of aryl methyl sites for hydroxylation is 1. The second kappa shape index (κ2) is 5.52. The zero-order chi connectivity index (χ0) is 11.4. The smallest absolute Gasteiger partial charge is 0.0212 e. The van der Waals surface area contributed by atoms with Crippen LogP contribution in [-0.4, -0.2) is 12.6 Å². The summed E-state index contributed by atoms with van der Waals surface area (Å²) in [7, 11) is 0. The van der Waals surface area contributed by atoms with Crippen molar-refractivity contribution < 1.29 is 0 Å². The van der Waals surface area contributed by atoms with E-state index < -0.39 is 0 Å². The molecule has 0 saturated carbocycles. The van der Waals surface area contributed by atoms with Gasteiger partial charge in [-0.2, -0.15) is 0 Å². The van der Waals surface area contributed by atoms with Gasteiger partial charge in [0.2, 0.25) is 0 Å². The van der Waals surface area contributed by atoms with E-state index in [-0.39, 0.29) is 0 Å². The molecule has 1 aromatic rings. The quantitative estimate of drug-likeness (QED) is 0.662. The van der Waals surface area contributed by atoms with Crippen LogP contribution in [0.3, 0.4) is 0 Å². The predicted molar refractivity (Wildman–Crippen MR) is 71.4 cm³/mol. The van der Waals surface area contributed by atoms with E-state index in [2.05, 4.69) is 45.4 Å². The van der Waals surface area contributed by atoms with Crippen molar-refractivity contribution in [2.75, 3.05) is 6.54 Å². The summed E-state index contributed by atoms with van der Waals surface area (Å²) >= 11 is 3.52. The van der Waals surface area contributed by atoms with Crippen LogP contribution in [0.4, 0.5) is 0 Å². The van der Waals surface area contributed by atoms with Gasteiger partial charge in [0, 0.05) is 23.5 Å². The first-order valence-corrected chi connectivity index (χ1v) is 6.53. The maximum absolute atomic E-state index is 5.24. The molecule has 1 aromatic carbocycles. The average molecular weight is 278 g/mol. The van der Waals surface area contributed by atoms with Crippen LogP contribution in [0.5, 0.6) is 0 Å². The molecule has 0 aromatic heterocycles. The molecule has 1 N–H and O–H groups in total. The third kappa shape index (κ3) is 2.87. The third-order valence-electron chi connectivity index (χ3n) is 3.10. The van der Waals surface area contributed by atoms with Gasteiger partial charge in [-0.25, -0.2) is 0 Å². The summed E-state index contributed by atoms with van der Waals surface area (Å²) in [4.78, 5) is 0. The molecule has 0 radical (unpaired) electrons. The molecule has 0 saturated heterocycles. The first-order valence-electron chi connectivity index (χ1n) is 5.74. The van der Waals surface area contributed by atoms with Crippen LogP contribution < -0.4 is 5.32 Å². The highest BCUT2D eigenvalue weighted by molar-refractivity contribution is 9.10. The zero-order valence-corrected chi connectivity index (χ0v) is 10.9. The maximum Gasteiger partial charge on any atom is 0.0212 e. The van der Waals surface area contributed by atoms with Gasteiger partial charge in [-0.15, -0.1) is 12.3 Å². The molecule has 1 nitrogen and oxygen atoms in total. The molecule has 1 atom stereocenters. The predicted octanol–water partition coefficient (Wildman–Crippen LogP) is 2.92. The molecule has 0 amide bonds. The Morgan fingerprint density at radius 1 is 1.44 bits per heavy atom. The van der Waals surface area contributed by atoms with Gasteiger partial charge in [0.25, 0.3) is 0 Å². The minimum Gasteiger partial charge on any atom is -0.313 e. The highest BCUT2D eigenvalue weighted by Gasteiger charge is 2.17. The van der Waals surface area contributed by atoms with E-state index in [0.29, 0.717) is 6.04 Å². The lowest BCUT2D eigenvalue weighted by atomic mass is 9.88. The second-order valence-electron chi connectivity index (χ2n) is 4.26. The molecular weight excluding hydrogens is 262 g/mol. The Morgan fingerprint density at radius 2 is 2.31 bits per heavy atom. The molecule has 0 fully saturated rings. The lowest BCUT2D eigenvalue weighted by Gasteiger charge is -2.25. The fourth-order valence-corrected chi connectivity index (χ4v) is 2.65.